The molecule has 0 atom stereocenters. The summed E-state index contributed by atoms with van der Waals surface area (Å²) in [5.74, 6) is 2.86. The number of nitrogens with zero attached hydrogens (tertiary/aromatic N) is 5. The molecule has 0 unspecified atom stereocenters. The van der Waals surface area contributed by atoms with E-state index in [9.17, 15) is 0 Å². The maximum absolute atomic E-state index is 4.77. The van der Waals surface area contributed by atoms with Crippen molar-refractivity contribution < 1.29 is 0 Å². The summed E-state index contributed by atoms with van der Waals surface area (Å²) in [4.78, 5) is 18.2. The number of imidazole rings is 1. The third-order valence-corrected chi connectivity index (χ3v) is 4.96. The SMILES string of the molecule is Cc1nc(-c2ccncc2)nc(NCCc2cn3c(n2)CCCC3)c1C. The molecule has 1 aliphatic heterocycles. The van der Waals surface area contributed by atoms with Gasteiger partial charge in [-0.1, -0.05) is 0 Å². The van der Waals surface area contributed by atoms with Crippen LogP contribution in [0.3, 0.4) is 0 Å². The van der Waals surface area contributed by atoms with Crippen LogP contribution < -0.4 is 5.32 Å². The summed E-state index contributed by atoms with van der Waals surface area (Å²) in [6.07, 6.45) is 10.3. The highest BCUT2D eigenvalue weighted by atomic mass is 15.1. The Labute approximate surface area is 153 Å². The maximum Gasteiger partial charge on any atom is 0.161 e. The zero-order valence-corrected chi connectivity index (χ0v) is 15.4. The molecule has 4 heterocycles. The molecular formula is C20H24N6. The number of pyridine rings is 1. The van der Waals surface area contributed by atoms with Crippen LogP contribution in [0.2, 0.25) is 0 Å². The number of hydrogen-bond donors (Lipinski definition) is 1. The molecule has 4 rings (SSSR count). The van der Waals surface area contributed by atoms with Crippen LogP contribution in [0.25, 0.3) is 11.4 Å². The van der Waals surface area contributed by atoms with Gasteiger partial charge in [0.2, 0.25) is 0 Å². The third kappa shape index (κ3) is 3.45. The molecule has 1 aliphatic rings. The lowest BCUT2D eigenvalue weighted by atomic mass is 10.2. The van der Waals surface area contributed by atoms with Gasteiger partial charge in [-0.3, -0.25) is 4.98 Å². The van der Waals surface area contributed by atoms with Crippen molar-refractivity contribution in [3.8, 4) is 11.4 Å². The van der Waals surface area contributed by atoms with Crippen molar-refractivity contribution in [3.05, 3.63) is 53.5 Å². The molecule has 134 valence electrons. The number of aryl methyl sites for hydroxylation is 3. The number of hydrogen-bond acceptors (Lipinski definition) is 5. The van der Waals surface area contributed by atoms with Crippen molar-refractivity contribution in [2.24, 2.45) is 0 Å². The van der Waals surface area contributed by atoms with Gasteiger partial charge in [-0.2, -0.15) is 0 Å². The van der Waals surface area contributed by atoms with Crippen LogP contribution in [0.15, 0.2) is 30.7 Å². The number of fused-ring (bicyclic) bond motifs is 1. The van der Waals surface area contributed by atoms with Gasteiger partial charge in [-0.25, -0.2) is 15.0 Å². The minimum Gasteiger partial charge on any atom is -0.369 e. The highest BCUT2D eigenvalue weighted by Gasteiger charge is 2.13. The third-order valence-electron chi connectivity index (χ3n) is 4.96. The molecule has 0 radical (unpaired) electrons. The average molecular weight is 348 g/mol. The molecule has 0 saturated heterocycles. The van der Waals surface area contributed by atoms with E-state index in [1.807, 2.05) is 19.1 Å². The standard InChI is InChI=1S/C20H24N6/c1-14-15(2)23-20(16-6-9-21-10-7-16)25-19(14)22-11-8-17-13-26-12-4-3-5-18(26)24-17/h6-7,9-10,13H,3-5,8,11-12H2,1-2H3,(H,22,23,25). The van der Waals surface area contributed by atoms with Crippen molar-refractivity contribution in [3.63, 3.8) is 0 Å². The van der Waals surface area contributed by atoms with Gasteiger partial charge >= 0.3 is 0 Å². The Morgan fingerprint density at radius 2 is 1.92 bits per heavy atom. The first kappa shape index (κ1) is 16.7. The summed E-state index contributed by atoms with van der Waals surface area (Å²) in [6, 6.07) is 3.87. The predicted molar refractivity (Wildman–Crippen MR) is 102 cm³/mol. The number of nitrogens with one attached hydrogen (secondary N) is 1. The first-order valence-corrected chi connectivity index (χ1v) is 9.25. The van der Waals surface area contributed by atoms with Crippen molar-refractivity contribution in [1.82, 2.24) is 24.5 Å². The Balaban J connectivity index is 1.47. The molecule has 0 aliphatic carbocycles. The second-order valence-corrected chi connectivity index (χ2v) is 6.82. The monoisotopic (exact) mass is 348 g/mol. The highest BCUT2D eigenvalue weighted by Crippen LogP contribution is 2.21. The van der Waals surface area contributed by atoms with Gasteiger partial charge in [-0.15, -0.1) is 0 Å². The minimum atomic E-state index is 0.732. The smallest absolute Gasteiger partial charge is 0.161 e. The quantitative estimate of drug-likeness (QED) is 0.766. The molecule has 3 aromatic heterocycles. The van der Waals surface area contributed by atoms with Crippen LogP contribution in [0.4, 0.5) is 5.82 Å². The van der Waals surface area contributed by atoms with E-state index < -0.39 is 0 Å². The number of aromatic nitrogens is 5. The van der Waals surface area contributed by atoms with E-state index in [1.54, 1.807) is 12.4 Å². The van der Waals surface area contributed by atoms with Crippen molar-refractivity contribution in [1.29, 1.82) is 0 Å². The van der Waals surface area contributed by atoms with Crippen LogP contribution in [0.1, 0.15) is 35.6 Å². The zero-order valence-electron chi connectivity index (χ0n) is 15.4. The second-order valence-electron chi connectivity index (χ2n) is 6.82. The van der Waals surface area contributed by atoms with Crippen molar-refractivity contribution >= 4 is 5.82 Å². The summed E-state index contributed by atoms with van der Waals surface area (Å²) in [7, 11) is 0. The van der Waals surface area contributed by atoms with Crippen molar-refractivity contribution in [2.75, 3.05) is 11.9 Å². The second kappa shape index (κ2) is 7.23. The van der Waals surface area contributed by atoms with Crippen LogP contribution in [-0.2, 0) is 19.4 Å². The average Bonchev–Trinajstić information content (AvgIpc) is 3.08. The number of rotatable bonds is 5. The minimum absolute atomic E-state index is 0.732. The van der Waals surface area contributed by atoms with E-state index in [4.69, 9.17) is 9.97 Å². The molecule has 6 nitrogen and oxygen atoms in total. The number of anilines is 1. The predicted octanol–water partition coefficient (Wildman–Crippen LogP) is 3.34. The van der Waals surface area contributed by atoms with Gasteiger partial charge in [0, 0.05) is 61.3 Å². The molecule has 6 heteroatoms. The molecule has 0 amide bonds. The largest absolute Gasteiger partial charge is 0.369 e. The van der Waals surface area contributed by atoms with Crippen LogP contribution in [0.5, 0.6) is 0 Å². The molecule has 0 spiro atoms. The van der Waals surface area contributed by atoms with Crippen LogP contribution >= 0.6 is 0 Å². The lowest BCUT2D eigenvalue weighted by Gasteiger charge is -2.12. The Hall–Kier alpha value is -2.76. The summed E-state index contributed by atoms with van der Waals surface area (Å²) in [6.45, 7) is 6.00. The zero-order chi connectivity index (χ0) is 17.9. The van der Waals surface area contributed by atoms with Gasteiger partial charge in [0.05, 0.1) is 5.69 Å². The normalized spacial score (nSPS) is 13.5. The van der Waals surface area contributed by atoms with E-state index >= 15 is 0 Å². The van der Waals surface area contributed by atoms with Crippen LogP contribution in [0, 0.1) is 13.8 Å². The van der Waals surface area contributed by atoms with Gasteiger partial charge < -0.3 is 9.88 Å². The molecule has 0 bridgehead atoms. The van der Waals surface area contributed by atoms with Gasteiger partial charge in [0.25, 0.3) is 0 Å². The maximum atomic E-state index is 4.77. The summed E-state index contributed by atoms with van der Waals surface area (Å²) in [5, 5.41) is 3.48. The Morgan fingerprint density at radius 1 is 1.08 bits per heavy atom. The lowest BCUT2D eigenvalue weighted by molar-refractivity contribution is 0.522. The van der Waals surface area contributed by atoms with E-state index in [0.29, 0.717) is 0 Å². The first-order valence-electron chi connectivity index (χ1n) is 9.25. The lowest BCUT2D eigenvalue weighted by Crippen LogP contribution is -2.10. The summed E-state index contributed by atoms with van der Waals surface area (Å²) >= 11 is 0. The highest BCUT2D eigenvalue weighted by molar-refractivity contribution is 5.59. The fraction of sp³-hybridized carbons (Fsp3) is 0.400. The molecule has 0 aromatic carbocycles. The summed E-state index contributed by atoms with van der Waals surface area (Å²) in [5.41, 5.74) is 4.22. The Morgan fingerprint density at radius 3 is 2.73 bits per heavy atom. The molecule has 0 saturated carbocycles. The van der Waals surface area contributed by atoms with E-state index in [2.05, 4.69) is 33.0 Å². The molecule has 26 heavy (non-hydrogen) atoms. The van der Waals surface area contributed by atoms with E-state index in [1.165, 1.54) is 18.7 Å². The fourth-order valence-electron chi connectivity index (χ4n) is 3.33. The summed E-state index contributed by atoms with van der Waals surface area (Å²) < 4.78 is 2.31. The fourth-order valence-corrected chi connectivity index (χ4v) is 3.33. The first-order chi connectivity index (χ1) is 12.7. The molecule has 1 N–H and O–H groups in total. The van der Waals surface area contributed by atoms with Gasteiger partial charge in [-0.05, 0) is 38.8 Å². The topological polar surface area (TPSA) is 68.5 Å². The Kier molecular flexibility index (Phi) is 4.65. The van der Waals surface area contributed by atoms with Gasteiger partial charge in [0.1, 0.15) is 11.6 Å². The Bertz CT molecular complexity index is 877. The molecule has 0 fully saturated rings. The van der Waals surface area contributed by atoms with Gasteiger partial charge in [0.15, 0.2) is 5.82 Å². The van der Waals surface area contributed by atoms with E-state index in [-0.39, 0.29) is 0 Å². The molecule has 3 aromatic rings. The van der Waals surface area contributed by atoms with Crippen LogP contribution in [-0.4, -0.2) is 31.0 Å². The van der Waals surface area contributed by atoms with E-state index in [0.717, 1.165) is 60.1 Å². The van der Waals surface area contributed by atoms with Crippen molar-refractivity contribution in [2.45, 2.75) is 46.1 Å². The molecular weight excluding hydrogens is 324 g/mol.